The van der Waals surface area contributed by atoms with Crippen molar-refractivity contribution in [3.05, 3.63) is 93.0 Å². The lowest BCUT2D eigenvalue weighted by atomic mass is 9.88. The number of hydrogen-bond donors (Lipinski definition) is 0. The molecule has 1 aliphatic carbocycles. The Morgan fingerprint density at radius 1 is 1.06 bits per heavy atom. The lowest BCUT2D eigenvalue weighted by molar-refractivity contribution is 0.416. The Morgan fingerprint density at radius 2 is 1.88 bits per heavy atom. The van der Waals surface area contributed by atoms with Crippen LogP contribution in [0.1, 0.15) is 49.5 Å². The molecule has 0 aliphatic heterocycles. The molecule has 162 valence electrons. The van der Waals surface area contributed by atoms with Gasteiger partial charge in [-0.15, -0.1) is 0 Å². The van der Waals surface area contributed by atoms with Gasteiger partial charge in [0.1, 0.15) is 11.6 Å². The van der Waals surface area contributed by atoms with Crippen LogP contribution in [0.15, 0.2) is 75.2 Å². The van der Waals surface area contributed by atoms with Crippen molar-refractivity contribution in [3.63, 3.8) is 0 Å². The number of para-hydroxylation sites is 1. The van der Waals surface area contributed by atoms with Crippen molar-refractivity contribution in [2.75, 3.05) is 0 Å². The molecule has 5 nitrogen and oxygen atoms in total. The summed E-state index contributed by atoms with van der Waals surface area (Å²) in [6.45, 7) is 0. The molecule has 0 amide bonds. The molecule has 2 heterocycles. The van der Waals surface area contributed by atoms with Crippen LogP contribution in [-0.2, 0) is 0 Å². The number of halogens is 2. The molecule has 0 N–H and O–H groups in total. The van der Waals surface area contributed by atoms with Crippen LogP contribution in [0, 0.1) is 5.82 Å². The molecule has 5 rings (SSSR count). The zero-order valence-corrected chi connectivity index (χ0v) is 19.0. The van der Waals surface area contributed by atoms with Gasteiger partial charge >= 0.3 is 0 Å². The van der Waals surface area contributed by atoms with Crippen LogP contribution >= 0.6 is 15.9 Å². The molecule has 1 fully saturated rings. The molecule has 0 unspecified atom stereocenters. The van der Waals surface area contributed by atoms with Crippen LogP contribution in [-0.4, -0.2) is 20.4 Å². The molecular weight excluding hydrogens is 471 g/mol. The van der Waals surface area contributed by atoms with Gasteiger partial charge in [-0.2, -0.15) is 9.78 Å². The van der Waals surface area contributed by atoms with Gasteiger partial charge in [-0.1, -0.05) is 47.3 Å². The van der Waals surface area contributed by atoms with Gasteiger partial charge in [-0.3, -0.25) is 4.79 Å². The van der Waals surface area contributed by atoms with E-state index in [1.165, 1.54) is 17.2 Å². The number of aromatic nitrogens is 3. The first-order valence-electron chi connectivity index (χ1n) is 10.8. The zero-order chi connectivity index (χ0) is 22.1. The van der Waals surface area contributed by atoms with E-state index in [2.05, 4.69) is 21.0 Å². The Bertz CT molecular complexity index is 1370. The molecule has 0 bridgehead atoms. The van der Waals surface area contributed by atoms with Gasteiger partial charge in [-0.25, -0.2) is 9.37 Å². The minimum atomic E-state index is -0.323. The maximum absolute atomic E-state index is 14.3. The summed E-state index contributed by atoms with van der Waals surface area (Å²) in [6, 6.07) is 15.8. The molecule has 2 aromatic carbocycles. The maximum atomic E-state index is 14.3. The number of benzene rings is 2. The SMILES string of the molecule is O=c1c2cc(Br)ccc2nc(C2CCCCC2)n1N=Cc1cccn1-c1ccccc1F. The van der Waals surface area contributed by atoms with Crippen LogP contribution in [0.5, 0.6) is 0 Å². The van der Waals surface area contributed by atoms with Crippen molar-refractivity contribution in [1.29, 1.82) is 0 Å². The number of rotatable bonds is 4. The van der Waals surface area contributed by atoms with E-state index in [-0.39, 0.29) is 17.3 Å². The summed E-state index contributed by atoms with van der Waals surface area (Å²) in [4.78, 5) is 18.3. The third-order valence-electron chi connectivity index (χ3n) is 6.00. The Balaban J connectivity index is 1.63. The average Bonchev–Trinajstić information content (AvgIpc) is 3.28. The highest BCUT2D eigenvalue weighted by Gasteiger charge is 2.22. The molecule has 0 radical (unpaired) electrons. The van der Waals surface area contributed by atoms with Crippen LogP contribution in [0.25, 0.3) is 16.6 Å². The molecule has 32 heavy (non-hydrogen) atoms. The molecule has 0 atom stereocenters. The highest BCUT2D eigenvalue weighted by Crippen LogP contribution is 2.32. The summed E-state index contributed by atoms with van der Waals surface area (Å²) in [5, 5.41) is 5.09. The predicted octanol–water partition coefficient (Wildman–Crippen LogP) is 6.02. The highest BCUT2D eigenvalue weighted by molar-refractivity contribution is 9.10. The van der Waals surface area contributed by atoms with Crippen LogP contribution in [0.2, 0.25) is 0 Å². The monoisotopic (exact) mass is 492 g/mol. The van der Waals surface area contributed by atoms with E-state index in [9.17, 15) is 9.18 Å². The van der Waals surface area contributed by atoms with Gasteiger partial charge in [0.25, 0.3) is 5.56 Å². The standard InChI is InChI=1S/C25H22BrFN4O/c26-18-12-13-22-20(15-18)25(32)31(24(29-22)17-7-2-1-3-8-17)28-16-19-9-6-14-30(19)23-11-5-4-10-21(23)27/h4-6,9-17H,1-3,7-8H2. The highest BCUT2D eigenvalue weighted by atomic mass is 79.9. The quantitative estimate of drug-likeness (QED) is 0.327. The molecule has 7 heteroatoms. The van der Waals surface area contributed by atoms with E-state index in [4.69, 9.17) is 4.98 Å². The number of fused-ring (bicyclic) bond motifs is 1. The van der Waals surface area contributed by atoms with Gasteiger partial charge < -0.3 is 4.57 Å². The van der Waals surface area contributed by atoms with Crippen molar-refractivity contribution in [3.8, 4) is 5.69 Å². The summed E-state index contributed by atoms with van der Waals surface area (Å²) in [6.07, 6.45) is 8.83. The second-order valence-corrected chi connectivity index (χ2v) is 9.00. The van der Waals surface area contributed by atoms with Gasteiger partial charge in [-0.05, 0) is 55.3 Å². The third kappa shape index (κ3) is 3.93. The van der Waals surface area contributed by atoms with E-state index in [0.717, 1.165) is 30.2 Å². The predicted molar refractivity (Wildman–Crippen MR) is 128 cm³/mol. The van der Waals surface area contributed by atoms with Gasteiger partial charge in [0.2, 0.25) is 0 Å². The van der Waals surface area contributed by atoms with E-state index >= 15 is 0 Å². The Kier molecular flexibility index (Phi) is 5.74. The van der Waals surface area contributed by atoms with Gasteiger partial charge in [0.15, 0.2) is 0 Å². The second-order valence-electron chi connectivity index (χ2n) is 8.08. The fourth-order valence-electron chi connectivity index (χ4n) is 4.39. The first-order chi connectivity index (χ1) is 15.6. The minimum absolute atomic E-state index is 0.194. The number of hydrogen-bond acceptors (Lipinski definition) is 3. The van der Waals surface area contributed by atoms with Crippen molar-refractivity contribution in [2.24, 2.45) is 5.10 Å². The van der Waals surface area contributed by atoms with Gasteiger partial charge in [0.05, 0.1) is 28.5 Å². The molecular formula is C25H22BrFN4O. The molecule has 0 spiro atoms. The molecule has 2 aromatic heterocycles. The summed E-state index contributed by atoms with van der Waals surface area (Å²) in [5.41, 5.74) is 1.59. The molecule has 1 aliphatic rings. The minimum Gasteiger partial charge on any atom is -0.313 e. The third-order valence-corrected chi connectivity index (χ3v) is 6.49. The van der Waals surface area contributed by atoms with Crippen molar-refractivity contribution < 1.29 is 4.39 Å². The average molecular weight is 493 g/mol. The summed E-state index contributed by atoms with van der Waals surface area (Å²) >= 11 is 3.45. The summed E-state index contributed by atoms with van der Waals surface area (Å²) < 4.78 is 18.3. The Morgan fingerprint density at radius 3 is 2.69 bits per heavy atom. The lowest BCUT2D eigenvalue weighted by Crippen LogP contribution is -2.25. The Labute approximate surface area is 193 Å². The zero-order valence-electron chi connectivity index (χ0n) is 17.4. The normalized spacial score (nSPS) is 15.1. The molecule has 0 saturated heterocycles. The Hall–Kier alpha value is -3.06. The summed E-state index contributed by atoms with van der Waals surface area (Å²) in [5.74, 6) is 0.570. The summed E-state index contributed by atoms with van der Waals surface area (Å²) in [7, 11) is 0. The van der Waals surface area contributed by atoms with E-state index in [1.54, 1.807) is 41.2 Å². The molecule has 4 aromatic rings. The van der Waals surface area contributed by atoms with E-state index < -0.39 is 0 Å². The molecule has 1 saturated carbocycles. The topological polar surface area (TPSA) is 52.2 Å². The van der Waals surface area contributed by atoms with E-state index in [1.807, 2.05) is 24.3 Å². The maximum Gasteiger partial charge on any atom is 0.282 e. The van der Waals surface area contributed by atoms with Crippen LogP contribution < -0.4 is 5.56 Å². The van der Waals surface area contributed by atoms with Crippen molar-refractivity contribution >= 4 is 33.0 Å². The first kappa shape index (κ1) is 20.8. The van der Waals surface area contributed by atoms with Crippen molar-refractivity contribution in [2.45, 2.75) is 38.0 Å². The fraction of sp³-hybridized carbons (Fsp3) is 0.240. The smallest absolute Gasteiger partial charge is 0.282 e. The van der Waals surface area contributed by atoms with Crippen LogP contribution in [0.4, 0.5) is 4.39 Å². The second kappa shape index (κ2) is 8.82. The first-order valence-corrected chi connectivity index (χ1v) is 11.6. The van der Waals surface area contributed by atoms with E-state index in [0.29, 0.717) is 28.1 Å². The van der Waals surface area contributed by atoms with Crippen molar-refractivity contribution in [1.82, 2.24) is 14.2 Å². The van der Waals surface area contributed by atoms with Crippen LogP contribution in [0.3, 0.4) is 0 Å². The lowest BCUT2D eigenvalue weighted by Gasteiger charge is -2.22. The largest absolute Gasteiger partial charge is 0.313 e. The number of nitrogens with zero attached hydrogens (tertiary/aromatic N) is 4. The fourth-order valence-corrected chi connectivity index (χ4v) is 4.75. The van der Waals surface area contributed by atoms with Gasteiger partial charge in [0, 0.05) is 16.6 Å².